The Morgan fingerprint density at radius 1 is 1.47 bits per heavy atom. The zero-order chi connectivity index (χ0) is 13.2. The minimum atomic E-state index is 0.278. The van der Waals surface area contributed by atoms with Crippen molar-refractivity contribution in [3.63, 3.8) is 0 Å². The van der Waals surface area contributed by atoms with E-state index in [2.05, 4.69) is 27.0 Å². The van der Waals surface area contributed by atoms with Crippen molar-refractivity contribution in [3.8, 4) is 0 Å². The molecule has 4 nitrogen and oxygen atoms in total. The zero-order valence-corrected chi connectivity index (χ0v) is 11.9. The SMILES string of the molecule is NC(=S)c1ccnnc1NC1CCCc2sccc21. The Balaban J connectivity index is 1.90. The van der Waals surface area contributed by atoms with Crippen LogP contribution in [0, 0.1) is 0 Å². The Bertz CT molecular complexity index is 608. The van der Waals surface area contributed by atoms with Gasteiger partial charge in [0, 0.05) is 4.88 Å². The molecule has 2 aromatic heterocycles. The molecule has 1 aliphatic rings. The van der Waals surface area contributed by atoms with Crippen LogP contribution in [0.2, 0.25) is 0 Å². The molecular formula is C13H14N4S2. The third kappa shape index (κ3) is 2.46. The van der Waals surface area contributed by atoms with E-state index < -0.39 is 0 Å². The summed E-state index contributed by atoms with van der Waals surface area (Å²) in [6.07, 6.45) is 5.06. The van der Waals surface area contributed by atoms with Crippen molar-refractivity contribution < 1.29 is 0 Å². The summed E-state index contributed by atoms with van der Waals surface area (Å²) < 4.78 is 0. The maximum Gasteiger partial charge on any atom is 0.159 e. The monoisotopic (exact) mass is 290 g/mol. The summed E-state index contributed by atoms with van der Waals surface area (Å²) in [5.41, 5.74) is 7.85. The van der Waals surface area contributed by atoms with Gasteiger partial charge in [0.2, 0.25) is 0 Å². The van der Waals surface area contributed by atoms with Gasteiger partial charge < -0.3 is 11.1 Å². The molecule has 0 spiro atoms. The number of hydrogen-bond donors (Lipinski definition) is 2. The van der Waals surface area contributed by atoms with Gasteiger partial charge in [0.15, 0.2) is 5.82 Å². The zero-order valence-electron chi connectivity index (χ0n) is 10.3. The van der Waals surface area contributed by atoms with E-state index in [0.717, 1.165) is 12.0 Å². The summed E-state index contributed by atoms with van der Waals surface area (Å²) in [5.74, 6) is 0.680. The molecule has 0 aromatic carbocycles. The van der Waals surface area contributed by atoms with Gasteiger partial charge in [-0.2, -0.15) is 5.10 Å². The third-order valence-electron chi connectivity index (χ3n) is 3.35. The second kappa shape index (κ2) is 5.22. The number of fused-ring (bicyclic) bond motifs is 1. The first-order chi connectivity index (χ1) is 9.25. The van der Waals surface area contributed by atoms with Crippen molar-refractivity contribution in [1.82, 2.24) is 10.2 Å². The van der Waals surface area contributed by atoms with Crippen LogP contribution in [0.5, 0.6) is 0 Å². The molecule has 19 heavy (non-hydrogen) atoms. The van der Waals surface area contributed by atoms with E-state index in [1.54, 1.807) is 12.3 Å². The average molecular weight is 290 g/mol. The molecule has 0 saturated carbocycles. The topological polar surface area (TPSA) is 63.8 Å². The Morgan fingerprint density at radius 3 is 3.21 bits per heavy atom. The lowest BCUT2D eigenvalue weighted by Crippen LogP contribution is -2.20. The maximum atomic E-state index is 5.72. The molecular weight excluding hydrogens is 276 g/mol. The lowest BCUT2D eigenvalue weighted by atomic mass is 9.94. The highest BCUT2D eigenvalue weighted by Crippen LogP contribution is 2.35. The summed E-state index contributed by atoms with van der Waals surface area (Å²) in [4.78, 5) is 1.81. The average Bonchev–Trinajstić information content (AvgIpc) is 2.88. The molecule has 0 saturated heterocycles. The molecule has 0 amide bonds. The summed E-state index contributed by atoms with van der Waals surface area (Å²) >= 11 is 6.87. The molecule has 0 bridgehead atoms. The number of hydrogen-bond acceptors (Lipinski definition) is 5. The van der Waals surface area contributed by atoms with Gasteiger partial charge in [-0.3, -0.25) is 0 Å². The minimum Gasteiger partial charge on any atom is -0.389 e. The lowest BCUT2D eigenvalue weighted by molar-refractivity contribution is 0.606. The van der Waals surface area contributed by atoms with Gasteiger partial charge >= 0.3 is 0 Å². The summed E-state index contributed by atoms with van der Waals surface area (Å²) in [5, 5.41) is 13.6. The van der Waals surface area contributed by atoms with Crippen LogP contribution in [-0.2, 0) is 6.42 Å². The molecule has 1 aliphatic carbocycles. The molecule has 3 N–H and O–H groups in total. The first kappa shape index (κ1) is 12.5. The predicted octanol–water partition coefficient (Wildman–Crippen LogP) is 2.66. The summed E-state index contributed by atoms with van der Waals surface area (Å²) in [6, 6.07) is 4.27. The first-order valence-electron chi connectivity index (χ1n) is 6.20. The van der Waals surface area contributed by atoms with Crippen molar-refractivity contribution in [1.29, 1.82) is 0 Å². The molecule has 2 heterocycles. The van der Waals surface area contributed by atoms with Gasteiger partial charge in [0.05, 0.1) is 17.8 Å². The number of thiophene rings is 1. The molecule has 0 fully saturated rings. The lowest BCUT2D eigenvalue weighted by Gasteiger charge is -2.24. The van der Waals surface area contributed by atoms with Gasteiger partial charge in [-0.1, -0.05) is 12.2 Å². The number of aryl methyl sites for hydroxylation is 1. The Kier molecular flexibility index (Phi) is 3.44. The van der Waals surface area contributed by atoms with E-state index >= 15 is 0 Å². The van der Waals surface area contributed by atoms with E-state index in [1.807, 2.05) is 11.3 Å². The maximum absolute atomic E-state index is 5.72. The molecule has 0 aliphatic heterocycles. The predicted molar refractivity (Wildman–Crippen MR) is 81.5 cm³/mol. The van der Waals surface area contributed by atoms with Crippen LogP contribution in [0.25, 0.3) is 0 Å². The molecule has 0 radical (unpaired) electrons. The largest absolute Gasteiger partial charge is 0.389 e. The van der Waals surface area contributed by atoms with Gasteiger partial charge in [-0.05, 0) is 42.3 Å². The normalized spacial score (nSPS) is 17.8. The minimum absolute atomic E-state index is 0.278. The van der Waals surface area contributed by atoms with E-state index in [0.29, 0.717) is 10.8 Å². The third-order valence-corrected chi connectivity index (χ3v) is 4.57. The fourth-order valence-electron chi connectivity index (χ4n) is 2.44. The van der Waals surface area contributed by atoms with Crippen molar-refractivity contribution in [3.05, 3.63) is 39.7 Å². The number of nitrogens with one attached hydrogen (secondary N) is 1. The number of thiocarbonyl (C=S) groups is 1. The van der Waals surface area contributed by atoms with Crippen LogP contribution in [0.4, 0.5) is 5.82 Å². The smallest absolute Gasteiger partial charge is 0.159 e. The fourth-order valence-corrected chi connectivity index (χ4v) is 3.59. The van der Waals surface area contributed by atoms with Gasteiger partial charge in [-0.25, -0.2) is 0 Å². The molecule has 2 aromatic rings. The second-order valence-electron chi connectivity index (χ2n) is 4.55. The van der Waals surface area contributed by atoms with Crippen LogP contribution in [0.15, 0.2) is 23.7 Å². The first-order valence-corrected chi connectivity index (χ1v) is 7.49. The molecule has 98 valence electrons. The van der Waals surface area contributed by atoms with E-state index in [1.165, 1.54) is 23.3 Å². The highest BCUT2D eigenvalue weighted by Gasteiger charge is 2.22. The molecule has 6 heteroatoms. The number of aromatic nitrogens is 2. The van der Waals surface area contributed by atoms with E-state index in [9.17, 15) is 0 Å². The molecule has 1 unspecified atom stereocenters. The van der Waals surface area contributed by atoms with Gasteiger partial charge in [0.1, 0.15) is 4.99 Å². The number of rotatable bonds is 3. The van der Waals surface area contributed by atoms with Crippen molar-refractivity contribution in [2.24, 2.45) is 5.73 Å². The second-order valence-corrected chi connectivity index (χ2v) is 5.99. The quantitative estimate of drug-likeness (QED) is 0.851. The standard InChI is InChI=1S/C13H14N4S2/c14-12(18)9-4-6-15-17-13(9)16-10-2-1-3-11-8(10)5-7-19-11/h4-7,10H,1-3H2,(H2,14,18)(H,16,17). The van der Waals surface area contributed by atoms with Gasteiger partial charge in [0.25, 0.3) is 0 Å². The Morgan fingerprint density at radius 2 is 2.37 bits per heavy atom. The number of nitrogens with zero attached hydrogens (tertiary/aromatic N) is 2. The van der Waals surface area contributed by atoms with Crippen LogP contribution in [0.3, 0.4) is 0 Å². The highest BCUT2D eigenvalue weighted by atomic mass is 32.1. The van der Waals surface area contributed by atoms with Crippen molar-refractivity contribution in [2.45, 2.75) is 25.3 Å². The number of anilines is 1. The Hall–Kier alpha value is -1.53. The van der Waals surface area contributed by atoms with E-state index in [4.69, 9.17) is 18.0 Å². The van der Waals surface area contributed by atoms with Crippen LogP contribution in [0.1, 0.15) is 34.9 Å². The van der Waals surface area contributed by atoms with Gasteiger partial charge in [-0.15, -0.1) is 16.4 Å². The van der Waals surface area contributed by atoms with E-state index in [-0.39, 0.29) is 6.04 Å². The highest BCUT2D eigenvalue weighted by molar-refractivity contribution is 7.80. The number of nitrogens with two attached hydrogens (primary N) is 1. The Labute approximate surface area is 121 Å². The van der Waals surface area contributed by atoms with Crippen LogP contribution >= 0.6 is 23.6 Å². The van der Waals surface area contributed by atoms with Crippen molar-refractivity contribution in [2.75, 3.05) is 5.32 Å². The summed E-state index contributed by atoms with van der Waals surface area (Å²) in [6.45, 7) is 0. The molecule has 1 atom stereocenters. The fraction of sp³-hybridized carbons (Fsp3) is 0.308. The van der Waals surface area contributed by atoms with Crippen LogP contribution < -0.4 is 11.1 Å². The van der Waals surface area contributed by atoms with Crippen LogP contribution in [-0.4, -0.2) is 15.2 Å². The summed E-state index contributed by atoms with van der Waals surface area (Å²) in [7, 11) is 0. The molecule has 3 rings (SSSR count). The van der Waals surface area contributed by atoms with Crippen molar-refractivity contribution >= 4 is 34.4 Å².